The smallest absolute Gasteiger partial charge is 0.191 e. The normalized spacial score (nSPS) is 21.1. The van der Waals surface area contributed by atoms with E-state index in [1.54, 1.807) is 0 Å². The first-order valence-electron chi connectivity index (χ1n) is 10.6. The van der Waals surface area contributed by atoms with Gasteiger partial charge in [0.25, 0.3) is 0 Å². The van der Waals surface area contributed by atoms with Gasteiger partial charge < -0.3 is 15.4 Å². The second-order valence-electron chi connectivity index (χ2n) is 8.08. The lowest BCUT2D eigenvalue weighted by Crippen LogP contribution is -2.45. The van der Waals surface area contributed by atoms with E-state index >= 15 is 0 Å². The number of nitrogens with zero attached hydrogens (tertiary/aromatic N) is 3. The molecular weight excluding hydrogens is 362 g/mol. The van der Waals surface area contributed by atoms with Crippen molar-refractivity contribution in [1.29, 1.82) is 0 Å². The lowest BCUT2D eigenvalue weighted by Gasteiger charge is -2.33. The molecule has 0 saturated carbocycles. The quantitative estimate of drug-likeness (QED) is 0.580. The standard InChI is InChI=1S/C23H35N5O/c1-16(14-21-17(2)27-28(5)18(21)3)26-23(24-4)25-15-20-12-9-13-29-22(20)19-10-7-6-8-11-19/h6-8,10-11,16,20,22H,9,12-15H2,1-5H3,(H2,24,25,26). The Morgan fingerprint density at radius 3 is 2.72 bits per heavy atom. The summed E-state index contributed by atoms with van der Waals surface area (Å²) in [6.45, 7) is 8.08. The summed E-state index contributed by atoms with van der Waals surface area (Å²) in [7, 11) is 3.83. The Hall–Kier alpha value is -2.34. The van der Waals surface area contributed by atoms with Gasteiger partial charge in [-0.1, -0.05) is 30.3 Å². The number of benzene rings is 1. The van der Waals surface area contributed by atoms with Gasteiger partial charge >= 0.3 is 0 Å². The molecule has 0 amide bonds. The number of ether oxygens (including phenoxy) is 1. The third-order valence-corrected chi connectivity index (χ3v) is 5.88. The monoisotopic (exact) mass is 397 g/mol. The average Bonchev–Trinajstić information content (AvgIpc) is 2.98. The van der Waals surface area contributed by atoms with E-state index in [1.165, 1.54) is 16.8 Å². The van der Waals surface area contributed by atoms with Crippen LogP contribution in [-0.4, -0.2) is 42.0 Å². The van der Waals surface area contributed by atoms with Gasteiger partial charge in [-0.15, -0.1) is 0 Å². The molecule has 1 saturated heterocycles. The molecule has 1 aliphatic rings. The van der Waals surface area contributed by atoms with Crippen molar-refractivity contribution in [2.24, 2.45) is 18.0 Å². The number of hydrogen-bond donors (Lipinski definition) is 2. The van der Waals surface area contributed by atoms with Crippen LogP contribution >= 0.6 is 0 Å². The summed E-state index contributed by atoms with van der Waals surface area (Å²) in [5.74, 6) is 1.27. The minimum absolute atomic E-state index is 0.147. The molecule has 29 heavy (non-hydrogen) atoms. The van der Waals surface area contributed by atoms with Crippen LogP contribution in [0.3, 0.4) is 0 Å². The molecule has 3 atom stereocenters. The maximum absolute atomic E-state index is 6.12. The molecule has 1 aromatic carbocycles. The number of nitrogens with one attached hydrogen (secondary N) is 2. The van der Waals surface area contributed by atoms with Gasteiger partial charge in [-0.05, 0) is 51.2 Å². The van der Waals surface area contributed by atoms with Crippen LogP contribution in [0.1, 0.15) is 48.4 Å². The largest absolute Gasteiger partial charge is 0.373 e. The summed E-state index contributed by atoms with van der Waals surface area (Å²) in [6.07, 6.45) is 3.34. The molecule has 2 N–H and O–H groups in total. The van der Waals surface area contributed by atoms with Gasteiger partial charge in [-0.25, -0.2) is 0 Å². The molecule has 0 bridgehead atoms. The highest BCUT2D eigenvalue weighted by Crippen LogP contribution is 2.33. The van der Waals surface area contributed by atoms with Crippen LogP contribution < -0.4 is 10.6 Å². The van der Waals surface area contributed by atoms with Crippen LogP contribution in [0.2, 0.25) is 0 Å². The molecule has 2 aromatic rings. The summed E-state index contributed by atoms with van der Waals surface area (Å²) in [5, 5.41) is 11.6. The zero-order chi connectivity index (χ0) is 20.8. The number of rotatable bonds is 6. The van der Waals surface area contributed by atoms with Crippen LogP contribution in [0.25, 0.3) is 0 Å². The predicted molar refractivity (Wildman–Crippen MR) is 118 cm³/mol. The molecule has 1 aliphatic heterocycles. The first-order chi connectivity index (χ1) is 14.0. The van der Waals surface area contributed by atoms with Gasteiger partial charge in [0.05, 0.1) is 11.8 Å². The molecule has 2 heterocycles. The van der Waals surface area contributed by atoms with E-state index < -0.39 is 0 Å². The Morgan fingerprint density at radius 2 is 2.07 bits per heavy atom. The fraction of sp³-hybridized carbons (Fsp3) is 0.565. The van der Waals surface area contributed by atoms with Crippen molar-refractivity contribution in [2.75, 3.05) is 20.2 Å². The van der Waals surface area contributed by atoms with Gasteiger partial charge in [-0.2, -0.15) is 5.10 Å². The number of aryl methyl sites for hydroxylation is 2. The van der Waals surface area contributed by atoms with Crippen molar-refractivity contribution in [2.45, 2.75) is 52.2 Å². The van der Waals surface area contributed by atoms with Crippen molar-refractivity contribution in [3.05, 3.63) is 52.8 Å². The molecule has 0 radical (unpaired) electrons. The molecular formula is C23H35N5O. The van der Waals surface area contributed by atoms with Crippen molar-refractivity contribution in [1.82, 2.24) is 20.4 Å². The minimum atomic E-state index is 0.147. The minimum Gasteiger partial charge on any atom is -0.373 e. The molecule has 6 nitrogen and oxygen atoms in total. The molecule has 6 heteroatoms. The maximum Gasteiger partial charge on any atom is 0.191 e. The van der Waals surface area contributed by atoms with Gasteiger partial charge in [0, 0.05) is 44.9 Å². The van der Waals surface area contributed by atoms with E-state index in [2.05, 4.69) is 71.8 Å². The second kappa shape index (κ2) is 9.92. The first-order valence-corrected chi connectivity index (χ1v) is 10.6. The van der Waals surface area contributed by atoms with Gasteiger partial charge in [0.2, 0.25) is 0 Å². The summed E-state index contributed by atoms with van der Waals surface area (Å²) >= 11 is 0. The topological polar surface area (TPSA) is 63.5 Å². The Bertz CT molecular complexity index is 814. The zero-order valence-corrected chi connectivity index (χ0v) is 18.4. The Morgan fingerprint density at radius 1 is 1.31 bits per heavy atom. The summed E-state index contributed by atoms with van der Waals surface area (Å²) in [6, 6.07) is 10.8. The third-order valence-electron chi connectivity index (χ3n) is 5.88. The van der Waals surface area contributed by atoms with Crippen LogP contribution in [0, 0.1) is 19.8 Å². The highest BCUT2D eigenvalue weighted by Gasteiger charge is 2.27. The van der Waals surface area contributed by atoms with E-state index in [1.807, 2.05) is 18.8 Å². The summed E-state index contributed by atoms with van der Waals surface area (Å²) in [4.78, 5) is 4.43. The molecule has 0 aliphatic carbocycles. The van der Waals surface area contributed by atoms with E-state index in [4.69, 9.17) is 4.74 Å². The Balaban J connectivity index is 1.56. The molecule has 1 fully saturated rings. The van der Waals surface area contributed by atoms with Crippen molar-refractivity contribution < 1.29 is 4.74 Å². The highest BCUT2D eigenvalue weighted by molar-refractivity contribution is 5.80. The number of aliphatic imine (C=N–C) groups is 1. The van der Waals surface area contributed by atoms with Crippen LogP contribution in [-0.2, 0) is 18.2 Å². The number of aromatic nitrogens is 2. The van der Waals surface area contributed by atoms with Gasteiger partial charge in [0.15, 0.2) is 5.96 Å². The van der Waals surface area contributed by atoms with Crippen LogP contribution in [0.5, 0.6) is 0 Å². The fourth-order valence-corrected chi connectivity index (χ4v) is 4.19. The average molecular weight is 398 g/mol. The molecule has 0 spiro atoms. The second-order valence-corrected chi connectivity index (χ2v) is 8.08. The van der Waals surface area contributed by atoms with E-state index in [9.17, 15) is 0 Å². The van der Waals surface area contributed by atoms with Crippen molar-refractivity contribution >= 4 is 5.96 Å². The van der Waals surface area contributed by atoms with E-state index in [0.29, 0.717) is 5.92 Å². The van der Waals surface area contributed by atoms with Gasteiger partial charge in [0.1, 0.15) is 0 Å². The lowest BCUT2D eigenvalue weighted by molar-refractivity contribution is -0.0265. The molecule has 1 aromatic heterocycles. The summed E-state index contributed by atoms with van der Waals surface area (Å²) < 4.78 is 8.08. The lowest BCUT2D eigenvalue weighted by atomic mass is 9.89. The van der Waals surface area contributed by atoms with Crippen molar-refractivity contribution in [3.63, 3.8) is 0 Å². The highest BCUT2D eigenvalue weighted by atomic mass is 16.5. The third kappa shape index (κ3) is 5.38. The number of hydrogen-bond acceptors (Lipinski definition) is 3. The SMILES string of the molecule is CN=C(NCC1CCCOC1c1ccccc1)NC(C)Cc1c(C)nn(C)c1C. The van der Waals surface area contributed by atoms with E-state index in [-0.39, 0.29) is 12.1 Å². The van der Waals surface area contributed by atoms with Crippen LogP contribution in [0.4, 0.5) is 0 Å². The summed E-state index contributed by atoms with van der Waals surface area (Å²) in [5.41, 5.74) is 4.90. The first kappa shape index (κ1) is 21.4. The van der Waals surface area contributed by atoms with Gasteiger partial charge in [-0.3, -0.25) is 9.67 Å². The fourth-order valence-electron chi connectivity index (χ4n) is 4.19. The Kier molecular flexibility index (Phi) is 7.31. The van der Waals surface area contributed by atoms with E-state index in [0.717, 1.165) is 44.1 Å². The van der Waals surface area contributed by atoms with Crippen LogP contribution in [0.15, 0.2) is 35.3 Å². The molecule has 158 valence electrons. The number of guanidine groups is 1. The molecule has 3 unspecified atom stereocenters. The molecule has 3 rings (SSSR count). The zero-order valence-electron chi connectivity index (χ0n) is 18.4. The predicted octanol–water partition coefficient (Wildman–Crippen LogP) is 3.30. The van der Waals surface area contributed by atoms with Crippen molar-refractivity contribution in [3.8, 4) is 0 Å². The Labute approximate surface area is 174 Å². The maximum atomic E-state index is 6.12.